The van der Waals surface area contributed by atoms with Crippen LogP contribution in [0.5, 0.6) is 0 Å². The lowest BCUT2D eigenvalue weighted by molar-refractivity contribution is -0.136. The van der Waals surface area contributed by atoms with Crippen molar-refractivity contribution in [1.82, 2.24) is 0 Å². The molecule has 0 aliphatic heterocycles. The van der Waals surface area contributed by atoms with Crippen molar-refractivity contribution >= 4 is 40.5 Å². The molecule has 0 aliphatic rings. The molecule has 0 radical (unpaired) electrons. The highest BCUT2D eigenvalue weighted by molar-refractivity contribution is 6.39. The standard InChI is InChI=1S/C14H11Cl2NO2/c15-10-5-3-6-11(16)14(10)17-12-7-2-1-4-9(12)8-13(18)19/h1-7,17H,8H2,(H,18,19)/i1D,2D,4D,7D. The maximum absolute atomic E-state index is 11.0. The Bertz CT molecular complexity index is 779. The summed E-state index contributed by atoms with van der Waals surface area (Å²) in [6, 6.07) is 2.94. The Labute approximate surface area is 126 Å². The van der Waals surface area contributed by atoms with E-state index in [2.05, 4.69) is 5.32 Å². The van der Waals surface area contributed by atoms with Crippen LogP contribution in [0.25, 0.3) is 0 Å². The minimum Gasteiger partial charge on any atom is -0.481 e. The van der Waals surface area contributed by atoms with Crippen molar-refractivity contribution in [2.45, 2.75) is 6.42 Å². The molecule has 0 saturated carbocycles. The Hall–Kier alpha value is -1.71. The minimum absolute atomic E-state index is 0.0617. The van der Waals surface area contributed by atoms with Crippen LogP contribution in [0.4, 0.5) is 11.4 Å². The summed E-state index contributed by atoms with van der Waals surface area (Å²) >= 11 is 12.1. The second kappa shape index (κ2) is 5.95. The van der Waals surface area contributed by atoms with E-state index in [1.54, 1.807) is 18.2 Å². The number of halogens is 2. The third-order valence-electron chi connectivity index (χ3n) is 2.31. The highest BCUT2D eigenvalue weighted by Gasteiger charge is 2.10. The van der Waals surface area contributed by atoms with Gasteiger partial charge >= 0.3 is 5.97 Å². The van der Waals surface area contributed by atoms with Crippen LogP contribution in [0.1, 0.15) is 11.0 Å². The Morgan fingerprint density at radius 2 is 1.89 bits per heavy atom. The summed E-state index contributed by atoms with van der Waals surface area (Å²) in [6.07, 6.45) is -0.568. The molecule has 0 bridgehead atoms. The van der Waals surface area contributed by atoms with Crippen LogP contribution < -0.4 is 5.32 Å². The number of anilines is 2. The maximum Gasteiger partial charge on any atom is 0.307 e. The van der Waals surface area contributed by atoms with Gasteiger partial charge in [0, 0.05) is 5.69 Å². The smallest absolute Gasteiger partial charge is 0.307 e. The first kappa shape index (κ1) is 9.23. The van der Waals surface area contributed by atoms with Crippen molar-refractivity contribution in [1.29, 1.82) is 0 Å². The van der Waals surface area contributed by atoms with Crippen LogP contribution >= 0.6 is 23.2 Å². The van der Waals surface area contributed by atoms with Gasteiger partial charge in [0.2, 0.25) is 0 Å². The zero-order valence-electron chi connectivity index (χ0n) is 13.6. The first-order chi connectivity index (χ1) is 10.7. The Kier molecular flexibility index (Phi) is 2.89. The Morgan fingerprint density at radius 1 is 1.26 bits per heavy atom. The lowest BCUT2D eigenvalue weighted by Crippen LogP contribution is -2.04. The second-order valence-corrected chi connectivity index (χ2v) is 4.46. The van der Waals surface area contributed by atoms with Gasteiger partial charge in [0.25, 0.3) is 0 Å². The van der Waals surface area contributed by atoms with Gasteiger partial charge in [-0.1, -0.05) is 47.4 Å². The molecule has 0 aromatic heterocycles. The number of carboxylic acid groups (broad SMARTS) is 1. The van der Waals surface area contributed by atoms with E-state index in [0.717, 1.165) is 0 Å². The van der Waals surface area contributed by atoms with Crippen molar-refractivity contribution in [3.63, 3.8) is 0 Å². The van der Waals surface area contributed by atoms with Crippen LogP contribution in [0.3, 0.4) is 0 Å². The zero-order chi connectivity index (χ0) is 17.3. The number of aliphatic carboxylic acids is 1. The quantitative estimate of drug-likeness (QED) is 0.881. The summed E-state index contributed by atoms with van der Waals surface area (Å²) in [7, 11) is 0. The van der Waals surface area contributed by atoms with Crippen LogP contribution in [0.15, 0.2) is 42.4 Å². The van der Waals surface area contributed by atoms with Gasteiger partial charge in [-0.25, -0.2) is 0 Å². The number of carbonyl (C=O) groups is 1. The molecule has 2 aromatic carbocycles. The topological polar surface area (TPSA) is 49.3 Å². The van der Waals surface area contributed by atoms with Gasteiger partial charge in [-0.05, 0) is 23.7 Å². The fourth-order valence-corrected chi connectivity index (χ4v) is 1.96. The molecule has 0 heterocycles. The van der Waals surface area contributed by atoms with Gasteiger partial charge in [-0.3, -0.25) is 4.79 Å². The Morgan fingerprint density at radius 3 is 2.53 bits per heavy atom. The van der Waals surface area contributed by atoms with Crippen molar-refractivity contribution in [3.8, 4) is 0 Å². The number of carboxylic acids is 1. The molecule has 0 saturated heterocycles. The minimum atomic E-state index is -1.22. The molecule has 5 heteroatoms. The molecular weight excluding hydrogens is 285 g/mol. The lowest BCUT2D eigenvalue weighted by Gasteiger charge is -2.13. The molecule has 0 atom stereocenters. The average molecular weight is 300 g/mol. The molecule has 2 rings (SSSR count). The van der Waals surface area contributed by atoms with E-state index in [4.69, 9.17) is 33.8 Å². The molecule has 0 unspecified atom stereocenters. The lowest BCUT2D eigenvalue weighted by atomic mass is 10.1. The van der Waals surface area contributed by atoms with Gasteiger partial charge in [0.05, 0.1) is 27.6 Å². The number of para-hydroxylation sites is 2. The van der Waals surface area contributed by atoms with Crippen molar-refractivity contribution in [2.75, 3.05) is 5.32 Å². The number of hydrogen-bond donors (Lipinski definition) is 2. The molecule has 0 fully saturated rings. The number of nitrogens with one attached hydrogen (secondary N) is 1. The first-order valence-electron chi connectivity index (χ1n) is 7.26. The summed E-state index contributed by atoms with van der Waals surface area (Å²) < 4.78 is 31.2. The van der Waals surface area contributed by atoms with E-state index in [-0.39, 0.29) is 27.0 Å². The summed E-state index contributed by atoms with van der Waals surface area (Å²) in [5.41, 5.74) is 0.111. The number of rotatable bonds is 4. The second-order valence-electron chi connectivity index (χ2n) is 3.65. The highest BCUT2D eigenvalue weighted by Crippen LogP contribution is 2.33. The SMILES string of the molecule is [2H]c1c([2H])c([2H])c(Nc2c(Cl)cccc2Cl)c(CC(=O)O)c1[2H]. The summed E-state index contributed by atoms with van der Waals surface area (Å²) in [5.74, 6) is -1.22. The molecule has 19 heavy (non-hydrogen) atoms. The zero-order valence-corrected chi connectivity index (χ0v) is 11.1. The highest BCUT2D eigenvalue weighted by atomic mass is 35.5. The summed E-state index contributed by atoms with van der Waals surface area (Å²) in [4.78, 5) is 11.0. The Balaban J connectivity index is 2.67. The number of hydrogen-bond acceptors (Lipinski definition) is 2. The van der Waals surface area contributed by atoms with Crippen LogP contribution in [0.2, 0.25) is 10.0 Å². The molecule has 2 N–H and O–H groups in total. The van der Waals surface area contributed by atoms with E-state index in [0.29, 0.717) is 0 Å². The predicted octanol–water partition coefficient (Wildman–Crippen LogP) is 4.36. The summed E-state index contributed by atoms with van der Waals surface area (Å²) in [6.45, 7) is 0. The maximum atomic E-state index is 11.0. The predicted molar refractivity (Wildman–Crippen MR) is 77.5 cm³/mol. The van der Waals surface area contributed by atoms with E-state index in [1.807, 2.05) is 0 Å². The molecule has 98 valence electrons. The fourth-order valence-electron chi connectivity index (χ4n) is 1.47. The van der Waals surface area contributed by atoms with Gasteiger partial charge in [0.15, 0.2) is 0 Å². The van der Waals surface area contributed by atoms with Crippen LogP contribution in [0, 0.1) is 0 Å². The van der Waals surface area contributed by atoms with Gasteiger partial charge in [-0.2, -0.15) is 0 Å². The van der Waals surface area contributed by atoms with Crippen LogP contribution in [-0.2, 0) is 11.2 Å². The van der Waals surface area contributed by atoms with Crippen molar-refractivity contribution in [2.24, 2.45) is 0 Å². The molecule has 0 spiro atoms. The monoisotopic (exact) mass is 299 g/mol. The molecule has 3 nitrogen and oxygen atoms in total. The number of benzene rings is 2. The van der Waals surface area contributed by atoms with Gasteiger partial charge in [-0.15, -0.1) is 0 Å². The molecule has 2 aromatic rings. The van der Waals surface area contributed by atoms with E-state index in [1.165, 1.54) is 0 Å². The summed E-state index contributed by atoms with van der Waals surface area (Å²) in [5, 5.41) is 12.2. The first-order valence-corrected chi connectivity index (χ1v) is 6.01. The molecular formula is C14H11Cl2NO2. The van der Waals surface area contributed by atoms with E-state index in [9.17, 15) is 4.79 Å². The fraction of sp³-hybridized carbons (Fsp3) is 0.0714. The molecule has 0 aliphatic carbocycles. The third-order valence-corrected chi connectivity index (χ3v) is 2.94. The molecule has 0 amide bonds. The van der Waals surface area contributed by atoms with E-state index >= 15 is 0 Å². The van der Waals surface area contributed by atoms with Crippen LogP contribution in [-0.4, -0.2) is 11.1 Å². The largest absolute Gasteiger partial charge is 0.481 e. The van der Waals surface area contributed by atoms with Crippen molar-refractivity contribution in [3.05, 3.63) is 58.0 Å². The van der Waals surface area contributed by atoms with E-state index < -0.39 is 36.6 Å². The average Bonchev–Trinajstić information content (AvgIpc) is 2.48. The third kappa shape index (κ3) is 3.40. The van der Waals surface area contributed by atoms with Gasteiger partial charge in [0.1, 0.15) is 0 Å². The normalized spacial score (nSPS) is 13.2. The van der Waals surface area contributed by atoms with Crippen molar-refractivity contribution < 1.29 is 15.4 Å². The van der Waals surface area contributed by atoms with Gasteiger partial charge < -0.3 is 10.4 Å².